The molecular weight excluding hydrogens is 257 g/mol. The predicted molar refractivity (Wildman–Crippen MR) is 68.7 cm³/mol. The molecule has 2 nitrogen and oxygen atoms in total. The first-order valence-corrected chi connectivity index (χ1v) is 5.80. The summed E-state index contributed by atoms with van der Waals surface area (Å²) in [5, 5.41) is 1.06. The third-order valence-electron chi connectivity index (χ3n) is 2.32. The molecule has 0 N–H and O–H groups in total. The maximum atomic E-state index is 11.9. The number of carbonyl (C=O) groups is 1. The number of aromatic nitrogens is 1. The summed E-state index contributed by atoms with van der Waals surface area (Å²) in [6, 6.07) is 10.3. The zero-order chi connectivity index (χ0) is 12.3. The first-order valence-electron chi connectivity index (χ1n) is 5.05. The highest BCUT2D eigenvalue weighted by Crippen LogP contribution is 2.22. The molecule has 0 fully saturated rings. The fourth-order valence-corrected chi connectivity index (χ4v) is 1.93. The van der Waals surface area contributed by atoms with Gasteiger partial charge in [0.15, 0.2) is 5.78 Å². The number of nitrogens with zero attached hydrogens (tertiary/aromatic N) is 1. The summed E-state index contributed by atoms with van der Waals surface area (Å²) in [5.41, 5.74) is 1.20. The molecule has 0 radical (unpaired) electrons. The van der Waals surface area contributed by atoms with Crippen molar-refractivity contribution in [1.82, 2.24) is 4.98 Å². The van der Waals surface area contributed by atoms with Crippen molar-refractivity contribution in [3.63, 3.8) is 0 Å². The van der Waals surface area contributed by atoms with Crippen LogP contribution in [0, 0.1) is 0 Å². The number of benzene rings is 1. The minimum atomic E-state index is -0.0603. The normalized spacial score (nSPS) is 10.2. The number of carbonyl (C=O) groups excluding carboxylic acids is 1. The molecule has 0 aliphatic heterocycles. The summed E-state index contributed by atoms with van der Waals surface area (Å²) in [5.74, 6) is -0.0603. The van der Waals surface area contributed by atoms with Crippen LogP contribution in [0.2, 0.25) is 10.0 Å². The molecule has 2 aromatic rings. The van der Waals surface area contributed by atoms with E-state index < -0.39 is 0 Å². The van der Waals surface area contributed by atoms with E-state index in [1.165, 1.54) is 0 Å². The van der Waals surface area contributed by atoms with Gasteiger partial charge in [-0.05, 0) is 29.8 Å². The largest absolute Gasteiger partial charge is 0.292 e. The van der Waals surface area contributed by atoms with Crippen molar-refractivity contribution in [3.05, 3.63) is 63.9 Å². The maximum absolute atomic E-state index is 11.9. The predicted octanol–water partition coefficient (Wildman–Crippen LogP) is 3.81. The first kappa shape index (κ1) is 12.1. The molecule has 0 bridgehead atoms. The third kappa shape index (κ3) is 3.05. The second-order valence-corrected chi connectivity index (χ2v) is 4.39. The Labute approximate surface area is 109 Å². The van der Waals surface area contributed by atoms with E-state index in [0.29, 0.717) is 15.7 Å². The molecule has 1 aromatic heterocycles. The quantitative estimate of drug-likeness (QED) is 0.790. The van der Waals surface area contributed by atoms with E-state index in [1.54, 1.807) is 42.6 Å². The van der Waals surface area contributed by atoms with E-state index in [2.05, 4.69) is 4.98 Å². The molecule has 0 unspecified atom stereocenters. The summed E-state index contributed by atoms with van der Waals surface area (Å²) < 4.78 is 0. The standard InChI is InChI=1S/C13H9Cl2NO/c14-10-5-4-9(11(15)8-10)7-13(17)12-3-1-2-6-16-12/h1-6,8H,7H2. The van der Waals surface area contributed by atoms with Gasteiger partial charge < -0.3 is 0 Å². The lowest BCUT2D eigenvalue weighted by atomic mass is 10.1. The van der Waals surface area contributed by atoms with Crippen molar-refractivity contribution < 1.29 is 4.79 Å². The molecule has 0 amide bonds. The molecule has 2 rings (SSSR count). The zero-order valence-corrected chi connectivity index (χ0v) is 10.4. The molecule has 1 heterocycles. The highest BCUT2D eigenvalue weighted by atomic mass is 35.5. The van der Waals surface area contributed by atoms with Crippen LogP contribution in [-0.2, 0) is 6.42 Å². The fraction of sp³-hybridized carbons (Fsp3) is 0.0769. The van der Waals surface area contributed by atoms with E-state index in [4.69, 9.17) is 23.2 Å². The van der Waals surface area contributed by atoms with Crippen LogP contribution >= 0.6 is 23.2 Å². The van der Waals surface area contributed by atoms with E-state index in [-0.39, 0.29) is 12.2 Å². The zero-order valence-electron chi connectivity index (χ0n) is 8.86. The molecule has 0 saturated carbocycles. The van der Waals surface area contributed by atoms with Gasteiger partial charge in [0.2, 0.25) is 0 Å². The van der Waals surface area contributed by atoms with Crippen molar-refractivity contribution >= 4 is 29.0 Å². The topological polar surface area (TPSA) is 30.0 Å². The van der Waals surface area contributed by atoms with Crippen LogP contribution in [0.4, 0.5) is 0 Å². The van der Waals surface area contributed by atoms with Gasteiger partial charge in [0.1, 0.15) is 5.69 Å². The van der Waals surface area contributed by atoms with Gasteiger partial charge in [0, 0.05) is 22.7 Å². The molecule has 0 aliphatic rings. The SMILES string of the molecule is O=C(Cc1ccc(Cl)cc1Cl)c1ccccn1. The maximum Gasteiger partial charge on any atom is 0.185 e. The lowest BCUT2D eigenvalue weighted by Gasteiger charge is -2.03. The summed E-state index contributed by atoms with van der Waals surface area (Å²) in [4.78, 5) is 15.9. The molecule has 0 spiro atoms. The third-order valence-corrected chi connectivity index (χ3v) is 2.90. The lowest BCUT2D eigenvalue weighted by molar-refractivity contribution is 0.0988. The van der Waals surface area contributed by atoms with Gasteiger partial charge in [-0.2, -0.15) is 0 Å². The van der Waals surface area contributed by atoms with Gasteiger partial charge in [-0.25, -0.2) is 0 Å². The van der Waals surface area contributed by atoms with Crippen molar-refractivity contribution in [3.8, 4) is 0 Å². The van der Waals surface area contributed by atoms with Crippen LogP contribution in [-0.4, -0.2) is 10.8 Å². The summed E-state index contributed by atoms with van der Waals surface area (Å²) in [6.45, 7) is 0. The molecule has 0 atom stereocenters. The van der Waals surface area contributed by atoms with E-state index >= 15 is 0 Å². The van der Waals surface area contributed by atoms with Crippen LogP contribution in [0.1, 0.15) is 16.1 Å². The summed E-state index contributed by atoms with van der Waals surface area (Å²) in [7, 11) is 0. The van der Waals surface area contributed by atoms with Crippen LogP contribution in [0.25, 0.3) is 0 Å². The molecule has 4 heteroatoms. The molecule has 1 aromatic carbocycles. The second-order valence-electron chi connectivity index (χ2n) is 3.55. The summed E-state index contributed by atoms with van der Waals surface area (Å²) in [6.07, 6.45) is 1.82. The molecule has 0 aliphatic carbocycles. The first-order chi connectivity index (χ1) is 8.16. The lowest BCUT2D eigenvalue weighted by Crippen LogP contribution is -2.05. The summed E-state index contributed by atoms with van der Waals surface area (Å²) >= 11 is 11.8. The number of halogens is 2. The highest BCUT2D eigenvalue weighted by Gasteiger charge is 2.10. The van der Waals surface area contributed by atoms with Gasteiger partial charge in [-0.1, -0.05) is 35.3 Å². The molecule has 86 valence electrons. The van der Waals surface area contributed by atoms with Crippen molar-refractivity contribution in [1.29, 1.82) is 0 Å². The van der Waals surface area contributed by atoms with Crippen LogP contribution in [0.5, 0.6) is 0 Å². The Hall–Kier alpha value is -1.38. The van der Waals surface area contributed by atoms with E-state index in [0.717, 1.165) is 5.56 Å². The minimum absolute atomic E-state index is 0.0603. The molecule has 0 saturated heterocycles. The Morgan fingerprint density at radius 2 is 2.00 bits per heavy atom. The average molecular weight is 266 g/mol. The average Bonchev–Trinajstić information content (AvgIpc) is 2.34. The van der Waals surface area contributed by atoms with Gasteiger partial charge in [0.25, 0.3) is 0 Å². The van der Waals surface area contributed by atoms with Crippen molar-refractivity contribution in [2.75, 3.05) is 0 Å². The fourth-order valence-electron chi connectivity index (χ4n) is 1.46. The van der Waals surface area contributed by atoms with Crippen LogP contribution < -0.4 is 0 Å². The van der Waals surface area contributed by atoms with Gasteiger partial charge in [0.05, 0.1) is 0 Å². The number of rotatable bonds is 3. The number of pyridine rings is 1. The van der Waals surface area contributed by atoms with Crippen LogP contribution in [0.3, 0.4) is 0 Å². The van der Waals surface area contributed by atoms with Crippen molar-refractivity contribution in [2.45, 2.75) is 6.42 Å². The van der Waals surface area contributed by atoms with Gasteiger partial charge in [-0.15, -0.1) is 0 Å². The number of Topliss-reactive ketones (excluding diaryl/α,β-unsaturated/α-hetero) is 1. The Kier molecular flexibility index (Phi) is 3.77. The minimum Gasteiger partial charge on any atom is -0.292 e. The number of hydrogen-bond acceptors (Lipinski definition) is 2. The van der Waals surface area contributed by atoms with E-state index in [9.17, 15) is 4.79 Å². The monoisotopic (exact) mass is 265 g/mol. The Bertz CT molecular complexity index is 540. The Morgan fingerprint density at radius 1 is 1.18 bits per heavy atom. The molecular formula is C13H9Cl2NO. The highest BCUT2D eigenvalue weighted by molar-refractivity contribution is 6.35. The number of hydrogen-bond donors (Lipinski definition) is 0. The number of ketones is 1. The van der Waals surface area contributed by atoms with Crippen LogP contribution in [0.15, 0.2) is 42.6 Å². The molecule has 17 heavy (non-hydrogen) atoms. The second kappa shape index (κ2) is 5.30. The smallest absolute Gasteiger partial charge is 0.185 e. The van der Waals surface area contributed by atoms with Gasteiger partial charge in [-0.3, -0.25) is 9.78 Å². The van der Waals surface area contributed by atoms with Gasteiger partial charge >= 0.3 is 0 Å². The van der Waals surface area contributed by atoms with E-state index in [1.807, 2.05) is 0 Å². The Morgan fingerprint density at radius 3 is 2.65 bits per heavy atom. The Balaban J connectivity index is 2.19. The van der Waals surface area contributed by atoms with Crippen molar-refractivity contribution in [2.24, 2.45) is 0 Å².